The van der Waals surface area contributed by atoms with Gasteiger partial charge in [0.2, 0.25) is 0 Å². The fraction of sp³-hybridized carbons (Fsp3) is 0.615. The number of rotatable bonds is 6. The smallest absolute Gasteiger partial charge is 0.274 e. The molecule has 0 unspecified atom stereocenters. The summed E-state index contributed by atoms with van der Waals surface area (Å²) in [7, 11) is 0. The van der Waals surface area contributed by atoms with E-state index < -0.39 is 5.60 Å². The molecule has 0 bridgehead atoms. The number of hydrogen-bond donors (Lipinski definition) is 2. The van der Waals surface area contributed by atoms with Crippen LogP contribution < -0.4 is 5.32 Å². The van der Waals surface area contributed by atoms with Crippen LogP contribution in [-0.4, -0.2) is 55.4 Å². The van der Waals surface area contributed by atoms with Crippen LogP contribution in [0, 0.1) is 12.8 Å². The molecule has 4 rings (SSSR count). The summed E-state index contributed by atoms with van der Waals surface area (Å²) >= 11 is 1.29. The molecule has 34 heavy (non-hydrogen) atoms. The molecule has 3 heterocycles. The Labute approximate surface area is 206 Å². The van der Waals surface area contributed by atoms with Crippen LogP contribution in [0.25, 0.3) is 10.4 Å². The van der Waals surface area contributed by atoms with Crippen molar-refractivity contribution in [2.75, 3.05) is 11.9 Å². The molecule has 8 heteroatoms. The Hall–Kier alpha value is -2.32. The third kappa shape index (κ3) is 5.33. The van der Waals surface area contributed by atoms with Crippen molar-refractivity contribution in [1.82, 2.24) is 14.9 Å². The number of carbonyl (C=O) groups excluding carboxylic acids is 2. The molecule has 2 fully saturated rings. The van der Waals surface area contributed by atoms with Crippen molar-refractivity contribution in [3.63, 3.8) is 0 Å². The first-order valence-corrected chi connectivity index (χ1v) is 13.0. The number of pyridine rings is 1. The lowest BCUT2D eigenvalue weighted by Gasteiger charge is -2.40. The minimum Gasteiger partial charge on any atom is -0.390 e. The Morgan fingerprint density at radius 3 is 2.59 bits per heavy atom. The first kappa shape index (κ1) is 24.8. The molecule has 2 aromatic rings. The number of likely N-dealkylation sites (tertiary alicyclic amines) is 1. The molecule has 1 aliphatic carbocycles. The van der Waals surface area contributed by atoms with Crippen LogP contribution in [0.5, 0.6) is 0 Å². The molecule has 1 saturated carbocycles. The van der Waals surface area contributed by atoms with E-state index in [9.17, 15) is 14.7 Å². The Morgan fingerprint density at radius 1 is 1.32 bits per heavy atom. The van der Waals surface area contributed by atoms with E-state index in [1.165, 1.54) is 11.3 Å². The van der Waals surface area contributed by atoms with E-state index in [4.69, 9.17) is 0 Å². The first-order chi connectivity index (χ1) is 15.8. The second-order valence-electron chi connectivity index (χ2n) is 11.3. The van der Waals surface area contributed by atoms with Crippen LogP contribution in [-0.2, 0) is 0 Å². The van der Waals surface area contributed by atoms with Gasteiger partial charge in [-0.3, -0.25) is 9.59 Å². The molecular formula is C26H36N4O3S. The van der Waals surface area contributed by atoms with Crippen molar-refractivity contribution in [3.8, 4) is 10.4 Å². The number of ketones is 1. The fourth-order valence-corrected chi connectivity index (χ4v) is 6.14. The van der Waals surface area contributed by atoms with Crippen LogP contribution >= 0.6 is 11.3 Å². The average Bonchev–Trinajstić information content (AvgIpc) is 3.31. The van der Waals surface area contributed by atoms with Crippen LogP contribution in [0.1, 0.15) is 92.6 Å². The minimum absolute atomic E-state index is 0.0584. The molecule has 0 radical (unpaired) electrons. The van der Waals surface area contributed by atoms with E-state index in [0.29, 0.717) is 41.4 Å². The van der Waals surface area contributed by atoms with Crippen molar-refractivity contribution in [3.05, 3.63) is 28.5 Å². The van der Waals surface area contributed by atoms with E-state index in [2.05, 4.69) is 43.0 Å². The summed E-state index contributed by atoms with van der Waals surface area (Å²) in [6.45, 7) is 12.8. The van der Waals surface area contributed by atoms with Gasteiger partial charge in [-0.15, -0.1) is 11.3 Å². The van der Waals surface area contributed by atoms with E-state index >= 15 is 0 Å². The van der Waals surface area contributed by atoms with Gasteiger partial charge in [0, 0.05) is 36.3 Å². The summed E-state index contributed by atoms with van der Waals surface area (Å²) in [4.78, 5) is 38.4. The lowest BCUT2D eigenvalue weighted by Crippen LogP contribution is -2.41. The second-order valence-corrected chi connectivity index (χ2v) is 12.3. The van der Waals surface area contributed by atoms with Gasteiger partial charge in [-0.05, 0) is 84.8 Å². The first-order valence-electron chi connectivity index (χ1n) is 12.2. The van der Waals surface area contributed by atoms with E-state index in [-0.39, 0.29) is 29.2 Å². The van der Waals surface area contributed by atoms with Crippen molar-refractivity contribution in [2.45, 2.75) is 90.8 Å². The summed E-state index contributed by atoms with van der Waals surface area (Å²) in [5, 5.41) is 13.8. The number of aromatic nitrogens is 2. The van der Waals surface area contributed by atoms with Crippen LogP contribution in [0.2, 0.25) is 0 Å². The molecule has 1 saturated heterocycles. The van der Waals surface area contributed by atoms with Crippen LogP contribution in [0.3, 0.4) is 0 Å². The van der Waals surface area contributed by atoms with E-state index in [1.54, 1.807) is 13.1 Å². The number of thiazole rings is 1. The van der Waals surface area contributed by atoms with E-state index in [0.717, 1.165) is 29.8 Å². The highest BCUT2D eigenvalue weighted by atomic mass is 32.1. The van der Waals surface area contributed by atoms with E-state index in [1.807, 2.05) is 17.9 Å². The topological polar surface area (TPSA) is 95.4 Å². The summed E-state index contributed by atoms with van der Waals surface area (Å²) in [6, 6.07) is 2.14. The molecule has 7 nitrogen and oxygen atoms in total. The number of Topliss-reactive ketones (excluding diaryl/α,β-unsaturated/α-hetero) is 1. The maximum absolute atomic E-state index is 13.5. The summed E-state index contributed by atoms with van der Waals surface area (Å²) in [6.07, 6.45) is 5.33. The third-order valence-corrected chi connectivity index (χ3v) is 7.80. The SMILES string of the molecule is Cc1cc(NC(C)(C)C)ncc1-c1sc(C(=O)CC2CC(C)(O)C2)nc1C(=O)N1CCC[C@@H]1C. The van der Waals surface area contributed by atoms with Crippen molar-refractivity contribution in [1.29, 1.82) is 0 Å². The van der Waals surface area contributed by atoms with Gasteiger partial charge in [-0.1, -0.05) is 0 Å². The number of hydrogen-bond acceptors (Lipinski definition) is 7. The average molecular weight is 485 g/mol. The second kappa shape index (κ2) is 9.04. The number of carbonyl (C=O) groups is 2. The van der Waals surface area contributed by atoms with Crippen LogP contribution in [0.4, 0.5) is 5.82 Å². The largest absolute Gasteiger partial charge is 0.390 e. The van der Waals surface area contributed by atoms with Crippen molar-refractivity contribution in [2.24, 2.45) is 5.92 Å². The quantitative estimate of drug-likeness (QED) is 0.555. The zero-order valence-corrected chi connectivity index (χ0v) is 21.9. The van der Waals surface area contributed by atoms with Gasteiger partial charge in [0.15, 0.2) is 10.8 Å². The monoisotopic (exact) mass is 484 g/mol. The van der Waals surface area contributed by atoms with Gasteiger partial charge in [0.1, 0.15) is 11.5 Å². The molecule has 184 valence electrons. The Bertz CT molecular complexity index is 1090. The van der Waals surface area contributed by atoms with Gasteiger partial charge < -0.3 is 15.3 Å². The maximum Gasteiger partial charge on any atom is 0.274 e. The molecule has 0 spiro atoms. The fourth-order valence-electron chi connectivity index (χ4n) is 5.06. The molecule has 2 aromatic heterocycles. The predicted molar refractivity (Wildman–Crippen MR) is 135 cm³/mol. The van der Waals surface area contributed by atoms with Gasteiger partial charge in [-0.2, -0.15) is 0 Å². The lowest BCUT2D eigenvalue weighted by atomic mass is 9.70. The van der Waals surface area contributed by atoms with Gasteiger partial charge in [0.05, 0.1) is 10.5 Å². The van der Waals surface area contributed by atoms with Crippen LogP contribution in [0.15, 0.2) is 12.3 Å². The third-order valence-electron chi connectivity index (χ3n) is 6.67. The molecule has 1 amide bonds. The molecule has 1 aliphatic heterocycles. The standard InChI is InChI=1S/C26H36N4O3S/c1-15-10-20(29-25(3,4)5)27-14-18(15)22-21(24(32)30-9-7-8-16(30)2)28-23(34-22)19(31)11-17-12-26(6,33)13-17/h10,14,16-17,33H,7-9,11-13H2,1-6H3,(H,27,29)/t16-,17?,26?/m0/s1. The molecular weight excluding hydrogens is 448 g/mol. The van der Waals surface area contributed by atoms with Gasteiger partial charge in [0.25, 0.3) is 5.91 Å². The number of aliphatic hydroxyl groups is 1. The summed E-state index contributed by atoms with van der Waals surface area (Å²) in [5.41, 5.74) is 1.37. The Kier molecular flexibility index (Phi) is 6.59. The zero-order chi connectivity index (χ0) is 24.8. The molecule has 2 aliphatic rings. The van der Waals surface area contributed by atoms with Crippen molar-refractivity contribution >= 4 is 28.8 Å². The maximum atomic E-state index is 13.5. The normalized spacial score (nSPS) is 24.7. The number of amides is 1. The minimum atomic E-state index is -0.669. The highest BCUT2D eigenvalue weighted by Crippen LogP contribution is 2.41. The van der Waals surface area contributed by atoms with Gasteiger partial charge >= 0.3 is 0 Å². The molecule has 2 N–H and O–H groups in total. The predicted octanol–water partition coefficient (Wildman–Crippen LogP) is 5.08. The molecule has 0 aromatic carbocycles. The Morgan fingerprint density at radius 2 is 2.03 bits per heavy atom. The molecule has 1 atom stereocenters. The number of aryl methyl sites for hydroxylation is 1. The summed E-state index contributed by atoms with van der Waals surface area (Å²) < 4.78 is 0. The zero-order valence-electron chi connectivity index (χ0n) is 21.1. The highest BCUT2D eigenvalue weighted by molar-refractivity contribution is 7.17. The van der Waals surface area contributed by atoms with Gasteiger partial charge in [-0.25, -0.2) is 9.97 Å². The van der Waals surface area contributed by atoms with Crippen molar-refractivity contribution < 1.29 is 14.7 Å². The number of nitrogens with zero attached hydrogens (tertiary/aromatic N) is 3. The number of nitrogens with one attached hydrogen (secondary N) is 1. The number of anilines is 1. The Balaban J connectivity index is 1.67. The summed E-state index contributed by atoms with van der Waals surface area (Å²) in [5.74, 6) is 0.765. The lowest BCUT2D eigenvalue weighted by molar-refractivity contribution is -0.0564. The highest BCUT2D eigenvalue weighted by Gasteiger charge is 2.40.